The molecule has 3 aromatic carbocycles. The van der Waals surface area contributed by atoms with Crippen molar-refractivity contribution in [1.29, 1.82) is 0 Å². The molecular formula is C25H28S. The van der Waals surface area contributed by atoms with Gasteiger partial charge in [-0.1, -0.05) is 47.5 Å². The van der Waals surface area contributed by atoms with Crippen LogP contribution in [0.5, 0.6) is 0 Å². The van der Waals surface area contributed by atoms with E-state index >= 15 is 0 Å². The van der Waals surface area contributed by atoms with E-state index in [0.29, 0.717) is 0 Å². The van der Waals surface area contributed by atoms with E-state index in [0.717, 1.165) is 4.90 Å². The van der Waals surface area contributed by atoms with E-state index in [1.54, 1.807) is 0 Å². The lowest BCUT2D eigenvalue weighted by atomic mass is 9.88. The highest BCUT2D eigenvalue weighted by atomic mass is 32.1. The zero-order valence-electron chi connectivity index (χ0n) is 16.9. The molecule has 0 heterocycles. The summed E-state index contributed by atoms with van der Waals surface area (Å²) in [4.78, 5) is 1.07. The molecule has 0 N–H and O–H groups in total. The van der Waals surface area contributed by atoms with Gasteiger partial charge < -0.3 is 0 Å². The van der Waals surface area contributed by atoms with Crippen molar-refractivity contribution < 1.29 is 0 Å². The van der Waals surface area contributed by atoms with Gasteiger partial charge in [0.1, 0.15) is 0 Å². The summed E-state index contributed by atoms with van der Waals surface area (Å²) in [5.41, 5.74) is 14.2. The Morgan fingerprint density at radius 1 is 0.462 bits per heavy atom. The van der Waals surface area contributed by atoms with Crippen LogP contribution in [0.3, 0.4) is 0 Å². The van der Waals surface area contributed by atoms with Gasteiger partial charge in [0.15, 0.2) is 0 Å². The average molecular weight is 361 g/mol. The molecule has 1 heteroatoms. The fourth-order valence-corrected chi connectivity index (χ4v) is 4.72. The molecule has 26 heavy (non-hydrogen) atoms. The average Bonchev–Trinajstić information content (AvgIpc) is 2.49. The lowest BCUT2D eigenvalue weighted by Crippen LogP contribution is -1.96. The van der Waals surface area contributed by atoms with Gasteiger partial charge in [-0.3, -0.25) is 0 Å². The van der Waals surface area contributed by atoms with Crippen LogP contribution in [0.1, 0.15) is 38.9 Å². The first-order valence-corrected chi connectivity index (χ1v) is 9.63. The highest BCUT2D eigenvalue weighted by Gasteiger charge is 2.17. The fourth-order valence-electron chi connectivity index (χ4n) is 4.37. The van der Waals surface area contributed by atoms with E-state index in [1.807, 2.05) is 0 Å². The minimum Gasteiger partial charge on any atom is -0.142 e. The van der Waals surface area contributed by atoms with Crippen molar-refractivity contribution in [2.24, 2.45) is 0 Å². The molecule has 0 saturated heterocycles. The summed E-state index contributed by atoms with van der Waals surface area (Å²) in [5.74, 6) is 0. The van der Waals surface area contributed by atoms with Crippen molar-refractivity contribution in [3.63, 3.8) is 0 Å². The van der Waals surface area contributed by atoms with E-state index in [4.69, 9.17) is 12.6 Å². The van der Waals surface area contributed by atoms with Crippen LogP contribution in [0.4, 0.5) is 0 Å². The van der Waals surface area contributed by atoms with Gasteiger partial charge in [0.2, 0.25) is 0 Å². The quantitative estimate of drug-likeness (QED) is 0.450. The normalized spacial score (nSPS) is 11.1. The largest absolute Gasteiger partial charge is 0.142 e. The zero-order chi connectivity index (χ0) is 19.2. The topological polar surface area (TPSA) is 0 Å². The highest BCUT2D eigenvalue weighted by molar-refractivity contribution is 7.80. The molecule has 3 rings (SSSR count). The summed E-state index contributed by atoms with van der Waals surface area (Å²) in [6.45, 7) is 15.3. The number of aryl methyl sites for hydroxylation is 7. The maximum absolute atomic E-state index is 5.02. The first-order chi connectivity index (χ1) is 12.2. The van der Waals surface area contributed by atoms with Gasteiger partial charge in [-0.15, -0.1) is 12.6 Å². The Bertz CT molecular complexity index is 884. The summed E-state index contributed by atoms with van der Waals surface area (Å²) in [7, 11) is 0. The van der Waals surface area contributed by atoms with Crippen LogP contribution in [0, 0.1) is 48.5 Å². The third kappa shape index (κ3) is 3.33. The van der Waals surface area contributed by atoms with Crippen LogP contribution >= 0.6 is 12.6 Å². The molecular weight excluding hydrogens is 332 g/mol. The molecule has 0 atom stereocenters. The SMILES string of the molecule is Cc1cc(C)c(-c2cc(C)cc(-c3c(C)cc(C)cc3C)c2S)c(C)c1. The molecule has 0 aromatic heterocycles. The highest BCUT2D eigenvalue weighted by Crippen LogP contribution is 2.41. The Labute approximate surface area is 163 Å². The molecule has 0 fully saturated rings. The first kappa shape index (κ1) is 18.8. The van der Waals surface area contributed by atoms with Gasteiger partial charge >= 0.3 is 0 Å². The molecule has 0 aliphatic carbocycles. The van der Waals surface area contributed by atoms with Gasteiger partial charge in [0.25, 0.3) is 0 Å². The lowest BCUT2D eigenvalue weighted by molar-refractivity contribution is 1.27. The Hall–Kier alpha value is -1.99. The summed E-state index contributed by atoms with van der Waals surface area (Å²) < 4.78 is 0. The van der Waals surface area contributed by atoms with Crippen LogP contribution < -0.4 is 0 Å². The van der Waals surface area contributed by atoms with E-state index < -0.39 is 0 Å². The summed E-state index contributed by atoms with van der Waals surface area (Å²) in [6, 6.07) is 13.6. The molecule has 0 aliphatic heterocycles. The fraction of sp³-hybridized carbons (Fsp3) is 0.280. The van der Waals surface area contributed by atoms with Crippen molar-refractivity contribution in [2.45, 2.75) is 53.4 Å². The van der Waals surface area contributed by atoms with Gasteiger partial charge in [-0.05, 0) is 98.5 Å². The van der Waals surface area contributed by atoms with Crippen molar-refractivity contribution in [2.75, 3.05) is 0 Å². The summed E-state index contributed by atoms with van der Waals surface area (Å²) >= 11 is 5.02. The predicted molar refractivity (Wildman–Crippen MR) is 118 cm³/mol. The summed E-state index contributed by atoms with van der Waals surface area (Å²) in [6.07, 6.45) is 0. The van der Waals surface area contributed by atoms with Gasteiger partial charge in [-0.2, -0.15) is 0 Å². The van der Waals surface area contributed by atoms with Crippen LogP contribution in [0.2, 0.25) is 0 Å². The van der Waals surface area contributed by atoms with Crippen molar-refractivity contribution in [3.8, 4) is 22.3 Å². The van der Waals surface area contributed by atoms with Crippen LogP contribution in [-0.4, -0.2) is 0 Å². The van der Waals surface area contributed by atoms with E-state index in [2.05, 4.69) is 84.9 Å². The summed E-state index contributed by atoms with van der Waals surface area (Å²) in [5, 5.41) is 0. The van der Waals surface area contributed by atoms with Gasteiger partial charge in [0.05, 0.1) is 0 Å². The standard InChI is InChI=1S/C25H28S/c1-14-8-17(4)23(18(5)9-14)21-12-16(3)13-22(25(21)26)24-19(6)10-15(2)11-20(24)7/h8-13,26H,1-7H3. The van der Waals surface area contributed by atoms with Crippen molar-refractivity contribution in [3.05, 3.63) is 75.3 Å². The minimum absolute atomic E-state index is 1.07. The Morgan fingerprint density at radius 2 is 0.731 bits per heavy atom. The number of thiol groups is 1. The Morgan fingerprint density at radius 3 is 1.04 bits per heavy atom. The van der Waals surface area contributed by atoms with Crippen LogP contribution in [-0.2, 0) is 0 Å². The number of hydrogen-bond acceptors (Lipinski definition) is 1. The molecule has 0 unspecified atom stereocenters. The number of rotatable bonds is 2. The Balaban J connectivity index is 2.34. The lowest BCUT2D eigenvalue weighted by Gasteiger charge is -2.20. The molecule has 0 bridgehead atoms. The second-order valence-corrected chi connectivity index (χ2v) is 8.20. The smallest absolute Gasteiger partial charge is 0.0198 e. The maximum atomic E-state index is 5.02. The molecule has 3 aromatic rings. The second kappa shape index (κ2) is 6.96. The molecule has 0 radical (unpaired) electrons. The molecule has 0 amide bonds. The van der Waals surface area contributed by atoms with Crippen molar-refractivity contribution >= 4 is 12.6 Å². The maximum Gasteiger partial charge on any atom is 0.0198 e. The third-order valence-corrected chi connectivity index (χ3v) is 5.63. The first-order valence-electron chi connectivity index (χ1n) is 9.19. The third-order valence-electron chi connectivity index (χ3n) is 5.15. The minimum atomic E-state index is 1.07. The molecule has 0 nitrogen and oxygen atoms in total. The second-order valence-electron chi connectivity index (χ2n) is 7.76. The van der Waals surface area contributed by atoms with Gasteiger partial charge in [0, 0.05) is 4.90 Å². The molecule has 0 spiro atoms. The molecule has 134 valence electrons. The van der Waals surface area contributed by atoms with Crippen LogP contribution in [0.25, 0.3) is 22.3 Å². The number of benzene rings is 3. The Kier molecular flexibility index (Phi) is 5.03. The van der Waals surface area contributed by atoms with E-state index in [9.17, 15) is 0 Å². The van der Waals surface area contributed by atoms with Crippen LogP contribution in [0.15, 0.2) is 41.3 Å². The zero-order valence-corrected chi connectivity index (χ0v) is 17.8. The number of hydrogen-bond donors (Lipinski definition) is 1. The predicted octanol–water partition coefficient (Wildman–Crippen LogP) is 7.47. The van der Waals surface area contributed by atoms with E-state index in [1.165, 1.54) is 61.2 Å². The monoisotopic (exact) mass is 360 g/mol. The van der Waals surface area contributed by atoms with Crippen molar-refractivity contribution in [1.82, 2.24) is 0 Å². The molecule has 0 aliphatic rings. The van der Waals surface area contributed by atoms with Gasteiger partial charge in [-0.25, -0.2) is 0 Å². The molecule has 0 saturated carbocycles. The van der Waals surface area contributed by atoms with E-state index in [-0.39, 0.29) is 0 Å².